The molecule has 3 rings (SSSR count). The highest BCUT2D eigenvalue weighted by Gasteiger charge is 2.32. The molecular weight excluding hydrogens is 313 g/mol. The van der Waals surface area contributed by atoms with E-state index in [-0.39, 0.29) is 17.8 Å². The first-order valence-electron chi connectivity index (χ1n) is 7.86. The van der Waals surface area contributed by atoms with Gasteiger partial charge in [0, 0.05) is 22.3 Å². The highest BCUT2D eigenvalue weighted by Crippen LogP contribution is 2.31. The van der Waals surface area contributed by atoms with Gasteiger partial charge in [-0.05, 0) is 56.1 Å². The number of piperidine rings is 1. The zero-order chi connectivity index (χ0) is 16.4. The van der Waals surface area contributed by atoms with Crippen molar-refractivity contribution >= 4 is 17.3 Å². The number of hydrogen-bond donors (Lipinski definition) is 1. The summed E-state index contributed by atoms with van der Waals surface area (Å²) < 4.78 is 13.3. The molecule has 3 nitrogen and oxygen atoms in total. The van der Waals surface area contributed by atoms with Crippen LogP contribution < -0.4 is 0 Å². The fraction of sp³-hybridized carbons (Fsp3) is 0.389. The van der Waals surface area contributed by atoms with Crippen molar-refractivity contribution in [3.8, 4) is 10.4 Å². The van der Waals surface area contributed by atoms with Crippen LogP contribution in [0.15, 0.2) is 36.4 Å². The zero-order valence-corrected chi connectivity index (χ0v) is 13.9. The number of thiophene rings is 1. The molecule has 0 aliphatic carbocycles. The van der Waals surface area contributed by atoms with E-state index in [4.69, 9.17) is 0 Å². The molecule has 0 bridgehead atoms. The van der Waals surface area contributed by atoms with Gasteiger partial charge < -0.3 is 5.11 Å². The molecule has 2 aromatic rings. The lowest BCUT2D eigenvalue weighted by atomic mass is 9.90. The lowest BCUT2D eigenvalue weighted by Gasteiger charge is -2.37. The van der Waals surface area contributed by atoms with Crippen molar-refractivity contribution in [3.05, 3.63) is 47.1 Å². The molecule has 23 heavy (non-hydrogen) atoms. The topological polar surface area (TPSA) is 40.5 Å². The first-order valence-corrected chi connectivity index (χ1v) is 8.68. The first-order chi connectivity index (χ1) is 11.0. The van der Waals surface area contributed by atoms with Crippen molar-refractivity contribution in [2.45, 2.75) is 32.4 Å². The maximum atomic E-state index is 13.3. The van der Waals surface area contributed by atoms with Crippen LogP contribution in [-0.2, 0) is 11.3 Å². The maximum absolute atomic E-state index is 13.3. The maximum Gasteiger partial charge on any atom is 0.308 e. The van der Waals surface area contributed by atoms with Crippen LogP contribution in [0, 0.1) is 11.7 Å². The Morgan fingerprint density at radius 2 is 2.22 bits per heavy atom. The number of halogens is 1. The largest absolute Gasteiger partial charge is 0.481 e. The van der Waals surface area contributed by atoms with Gasteiger partial charge >= 0.3 is 5.97 Å². The third-order valence-electron chi connectivity index (χ3n) is 4.57. The minimum atomic E-state index is -0.700. The van der Waals surface area contributed by atoms with Gasteiger partial charge in [-0.3, -0.25) is 9.69 Å². The number of benzene rings is 1. The molecule has 1 fully saturated rings. The molecule has 1 aromatic carbocycles. The molecule has 5 heteroatoms. The van der Waals surface area contributed by atoms with Crippen LogP contribution in [0.5, 0.6) is 0 Å². The Morgan fingerprint density at radius 3 is 2.96 bits per heavy atom. The number of nitrogens with zero attached hydrogens (tertiary/aromatic N) is 1. The number of hydrogen-bond acceptors (Lipinski definition) is 3. The summed E-state index contributed by atoms with van der Waals surface area (Å²) in [6, 6.07) is 10.7. The van der Waals surface area contributed by atoms with Crippen LogP contribution in [0.4, 0.5) is 4.39 Å². The molecule has 2 atom stereocenters. The number of rotatable bonds is 4. The lowest BCUT2D eigenvalue weighted by molar-refractivity contribution is -0.145. The summed E-state index contributed by atoms with van der Waals surface area (Å²) in [4.78, 5) is 15.8. The van der Waals surface area contributed by atoms with E-state index in [1.165, 1.54) is 10.9 Å². The molecule has 1 aromatic heterocycles. The second-order valence-corrected chi connectivity index (χ2v) is 7.24. The predicted octanol–water partition coefficient (Wildman–Crippen LogP) is 4.24. The normalized spacial score (nSPS) is 22.2. The van der Waals surface area contributed by atoms with E-state index in [1.54, 1.807) is 23.5 Å². The number of carbonyl (C=O) groups is 1. The summed E-state index contributed by atoms with van der Waals surface area (Å²) in [5.74, 6) is -1.22. The fourth-order valence-electron chi connectivity index (χ4n) is 3.23. The summed E-state index contributed by atoms with van der Waals surface area (Å²) in [5, 5.41) is 9.31. The van der Waals surface area contributed by atoms with E-state index in [0.717, 1.165) is 36.4 Å². The molecule has 0 saturated carbocycles. The van der Waals surface area contributed by atoms with E-state index >= 15 is 0 Å². The van der Waals surface area contributed by atoms with Gasteiger partial charge in [-0.25, -0.2) is 4.39 Å². The molecule has 2 heterocycles. The minimum Gasteiger partial charge on any atom is -0.481 e. The Hall–Kier alpha value is -1.72. The standard InChI is InChI=1S/C18H20FNO2S/c1-12-16(18(21)22)6-3-9-20(12)11-15-7-8-17(23-15)13-4-2-5-14(19)10-13/h2,4-5,7-8,10,12,16H,3,6,9,11H2,1H3,(H,21,22)/t12-,16-/m1/s1. The van der Waals surface area contributed by atoms with Crippen molar-refractivity contribution in [1.29, 1.82) is 0 Å². The molecule has 0 unspecified atom stereocenters. The van der Waals surface area contributed by atoms with E-state index in [2.05, 4.69) is 11.0 Å². The van der Waals surface area contributed by atoms with Crippen LogP contribution in [0.25, 0.3) is 10.4 Å². The first kappa shape index (κ1) is 16.1. The Morgan fingerprint density at radius 1 is 1.39 bits per heavy atom. The SMILES string of the molecule is C[C@@H]1[C@H](C(=O)O)CCCN1Cc1ccc(-c2cccc(F)c2)s1. The second-order valence-electron chi connectivity index (χ2n) is 6.07. The van der Waals surface area contributed by atoms with Gasteiger partial charge in [0.2, 0.25) is 0 Å². The zero-order valence-electron chi connectivity index (χ0n) is 13.0. The van der Waals surface area contributed by atoms with Gasteiger partial charge in [0.15, 0.2) is 0 Å². The highest BCUT2D eigenvalue weighted by atomic mass is 32.1. The minimum absolute atomic E-state index is 0.0426. The summed E-state index contributed by atoms with van der Waals surface area (Å²) in [6.45, 7) is 3.68. The quantitative estimate of drug-likeness (QED) is 0.910. The Kier molecular flexibility index (Phi) is 4.78. The fourth-order valence-corrected chi connectivity index (χ4v) is 4.26. The summed E-state index contributed by atoms with van der Waals surface area (Å²) in [6.07, 6.45) is 1.68. The molecule has 0 amide bonds. The van der Waals surface area contributed by atoms with E-state index in [1.807, 2.05) is 19.1 Å². The molecule has 0 radical (unpaired) electrons. The number of carboxylic acid groups (broad SMARTS) is 1. The Balaban J connectivity index is 1.73. The molecule has 1 saturated heterocycles. The average Bonchev–Trinajstić information content (AvgIpc) is 2.98. The van der Waals surface area contributed by atoms with Crippen LogP contribution >= 0.6 is 11.3 Å². The van der Waals surface area contributed by atoms with Gasteiger partial charge in [-0.1, -0.05) is 12.1 Å². The van der Waals surface area contributed by atoms with Gasteiger partial charge in [-0.2, -0.15) is 0 Å². The lowest BCUT2D eigenvalue weighted by Crippen LogP contribution is -2.45. The molecule has 1 N–H and O–H groups in total. The van der Waals surface area contributed by atoms with E-state index < -0.39 is 5.97 Å². The summed E-state index contributed by atoms with van der Waals surface area (Å²) in [5.41, 5.74) is 0.886. The molecule has 122 valence electrons. The Bertz CT molecular complexity index is 700. The van der Waals surface area contributed by atoms with E-state index in [9.17, 15) is 14.3 Å². The third-order valence-corrected chi connectivity index (χ3v) is 5.68. The van der Waals surface area contributed by atoms with Crippen molar-refractivity contribution in [2.24, 2.45) is 5.92 Å². The smallest absolute Gasteiger partial charge is 0.308 e. The van der Waals surface area contributed by atoms with Crippen LogP contribution in [0.1, 0.15) is 24.6 Å². The van der Waals surface area contributed by atoms with E-state index in [0.29, 0.717) is 0 Å². The Labute approximate surface area is 139 Å². The molecule has 1 aliphatic rings. The van der Waals surface area contributed by atoms with Gasteiger partial charge in [0.05, 0.1) is 5.92 Å². The van der Waals surface area contributed by atoms with Crippen molar-refractivity contribution in [2.75, 3.05) is 6.54 Å². The third kappa shape index (κ3) is 3.62. The van der Waals surface area contributed by atoms with Crippen LogP contribution in [-0.4, -0.2) is 28.6 Å². The summed E-state index contributed by atoms with van der Waals surface area (Å²) in [7, 11) is 0. The van der Waals surface area contributed by atoms with Gasteiger partial charge in [-0.15, -0.1) is 11.3 Å². The molecule has 0 spiro atoms. The molecule has 1 aliphatic heterocycles. The van der Waals surface area contributed by atoms with Crippen molar-refractivity contribution in [1.82, 2.24) is 4.90 Å². The van der Waals surface area contributed by atoms with Gasteiger partial charge in [0.25, 0.3) is 0 Å². The monoisotopic (exact) mass is 333 g/mol. The summed E-state index contributed by atoms with van der Waals surface area (Å²) >= 11 is 1.64. The number of carboxylic acids is 1. The van der Waals surface area contributed by atoms with Crippen LogP contribution in [0.3, 0.4) is 0 Å². The number of aliphatic carboxylic acids is 1. The average molecular weight is 333 g/mol. The van der Waals surface area contributed by atoms with Crippen molar-refractivity contribution < 1.29 is 14.3 Å². The number of likely N-dealkylation sites (tertiary alicyclic amines) is 1. The predicted molar refractivity (Wildman–Crippen MR) is 89.9 cm³/mol. The van der Waals surface area contributed by atoms with Crippen LogP contribution in [0.2, 0.25) is 0 Å². The van der Waals surface area contributed by atoms with Gasteiger partial charge in [0.1, 0.15) is 5.82 Å². The highest BCUT2D eigenvalue weighted by molar-refractivity contribution is 7.15. The molecular formula is C18H20FNO2S. The second kappa shape index (κ2) is 6.81. The van der Waals surface area contributed by atoms with Crippen molar-refractivity contribution in [3.63, 3.8) is 0 Å².